The van der Waals surface area contributed by atoms with Gasteiger partial charge in [-0.25, -0.2) is 14.8 Å². The van der Waals surface area contributed by atoms with Gasteiger partial charge >= 0.3 is 5.97 Å². The van der Waals surface area contributed by atoms with Gasteiger partial charge in [-0.2, -0.15) is 0 Å². The zero-order chi connectivity index (χ0) is 33.2. The lowest BCUT2D eigenvalue weighted by atomic mass is 9.85. The number of aromatic carboxylic acids is 1. The van der Waals surface area contributed by atoms with E-state index in [1.807, 2.05) is 24.4 Å². The van der Waals surface area contributed by atoms with E-state index in [9.17, 15) is 9.90 Å². The summed E-state index contributed by atoms with van der Waals surface area (Å²) < 4.78 is 2.23. The number of nitrogens with one attached hydrogen (secondary N) is 1. The molecule has 0 saturated carbocycles. The quantitative estimate of drug-likeness (QED) is 0.201. The van der Waals surface area contributed by atoms with Crippen LogP contribution in [0.4, 0.5) is 0 Å². The van der Waals surface area contributed by atoms with Crippen molar-refractivity contribution in [1.29, 1.82) is 0 Å². The number of carboxylic acid groups (broad SMARTS) is 1. The minimum Gasteiger partial charge on any atom is -0.477 e. The van der Waals surface area contributed by atoms with Crippen LogP contribution in [0.15, 0.2) is 91.1 Å². The van der Waals surface area contributed by atoms with Gasteiger partial charge in [-0.05, 0) is 109 Å². The summed E-state index contributed by atoms with van der Waals surface area (Å²) in [7, 11) is 0. The second-order valence-electron chi connectivity index (χ2n) is 13.8. The highest BCUT2D eigenvalue weighted by molar-refractivity contribution is 6.00. The third-order valence-corrected chi connectivity index (χ3v) is 8.79. The van der Waals surface area contributed by atoms with Crippen LogP contribution in [-0.4, -0.2) is 30.6 Å². The highest BCUT2D eigenvalue weighted by atomic mass is 16.4. The molecule has 0 aliphatic carbocycles. The van der Waals surface area contributed by atoms with Gasteiger partial charge < -0.3 is 10.1 Å². The van der Waals surface area contributed by atoms with E-state index < -0.39 is 5.97 Å². The molecule has 6 nitrogen and oxygen atoms in total. The number of carbonyl (C=O) groups is 1. The average molecular weight is 619 g/mol. The summed E-state index contributed by atoms with van der Waals surface area (Å²) in [5.41, 5.74) is 13.5. The molecule has 0 amide bonds. The van der Waals surface area contributed by atoms with Crippen molar-refractivity contribution in [3.8, 4) is 39.5 Å². The summed E-state index contributed by atoms with van der Waals surface area (Å²) in [4.78, 5) is 25.9. The van der Waals surface area contributed by atoms with Crippen LogP contribution in [0.1, 0.15) is 59.1 Å². The van der Waals surface area contributed by atoms with Crippen molar-refractivity contribution >= 4 is 27.9 Å². The van der Waals surface area contributed by atoms with E-state index in [0.717, 1.165) is 78.0 Å². The fraction of sp³-hybridized carbons (Fsp3) is 0.195. The topological polar surface area (TPSA) is 83.8 Å². The number of benzene rings is 4. The van der Waals surface area contributed by atoms with E-state index in [1.165, 1.54) is 5.56 Å². The summed E-state index contributed by atoms with van der Waals surface area (Å²) in [6.45, 7) is 15.0. The molecule has 0 aliphatic heterocycles. The van der Waals surface area contributed by atoms with Crippen LogP contribution in [0.3, 0.4) is 0 Å². The predicted octanol–water partition coefficient (Wildman–Crippen LogP) is 10.1. The fourth-order valence-corrected chi connectivity index (χ4v) is 6.70. The molecule has 0 unspecified atom stereocenters. The molecule has 2 N–H and O–H groups in total. The van der Waals surface area contributed by atoms with Crippen molar-refractivity contribution in [3.05, 3.63) is 125 Å². The number of aromatic nitrogens is 4. The molecule has 7 rings (SSSR count). The summed E-state index contributed by atoms with van der Waals surface area (Å²) in [6, 6.07) is 29.1. The molecule has 234 valence electrons. The first-order valence-corrected chi connectivity index (χ1v) is 15.9. The number of fused-ring (bicyclic) bond motifs is 2. The lowest BCUT2D eigenvalue weighted by Crippen LogP contribution is -2.11. The van der Waals surface area contributed by atoms with E-state index >= 15 is 0 Å². The number of pyridine rings is 1. The molecule has 0 atom stereocenters. The second kappa shape index (κ2) is 11.1. The first kappa shape index (κ1) is 30.2. The average Bonchev–Trinajstić information content (AvgIpc) is 3.64. The summed E-state index contributed by atoms with van der Waals surface area (Å²) in [5.74, 6) is -0.265. The van der Waals surface area contributed by atoms with E-state index in [-0.39, 0.29) is 11.1 Å². The van der Waals surface area contributed by atoms with E-state index in [2.05, 4.69) is 124 Å². The van der Waals surface area contributed by atoms with Gasteiger partial charge in [0.1, 0.15) is 11.5 Å². The fourth-order valence-electron chi connectivity index (χ4n) is 6.70. The molecule has 0 radical (unpaired) electrons. The van der Waals surface area contributed by atoms with Crippen molar-refractivity contribution in [3.63, 3.8) is 0 Å². The van der Waals surface area contributed by atoms with Gasteiger partial charge in [0, 0.05) is 28.4 Å². The number of rotatable bonds is 5. The van der Waals surface area contributed by atoms with Crippen LogP contribution < -0.4 is 0 Å². The molecule has 6 heteroatoms. The largest absolute Gasteiger partial charge is 0.477 e. The minimum atomic E-state index is -1.07. The number of carboxylic acids is 1. The van der Waals surface area contributed by atoms with Gasteiger partial charge in [0.15, 0.2) is 0 Å². The number of nitrogens with zero attached hydrogens (tertiary/aromatic N) is 3. The Bertz CT molecular complexity index is 2330. The molecular weight excluding hydrogens is 580 g/mol. The number of aryl methyl sites for hydroxylation is 4. The molecule has 0 spiro atoms. The Hall–Kier alpha value is -5.49. The van der Waals surface area contributed by atoms with E-state index in [0.29, 0.717) is 5.69 Å². The van der Waals surface area contributed by atoms with Crippen molar-refractivity contribution in [2.45, 2.75) is 53.9 Å². The third kappa shape index (κ3) is 5.50. The SMILES string of the molecule is Cc1cc(C)cc(-c2cc(C(=O)O)nc(-c3cccc4c3nc(-c3cc(C(C)(C)C)cc5cc[nH]c35)n4-c3cc(C)cc(C)c3)c2)c1. The monoisotopic (exact) mass is 618 g/mol. The maximum absolute atomic E-state index is 12.4. The van der Waals surface area contributed by atoms with Crippen molar-refractivity contribution in [2.24, 2.45) is 0 Å². The number of para-hydroxylation sites is 1. The lowest BCUT2D eigenvalue weighted by Gasteiger charge is -2.21. The minimum absolute atomic E-state index is 0.00593. The number of H-pyrrole nitrogens is 1. The maximum Gasteiger partial charge on any atom is 0.354 e. The standard InChI is InChI=1S/C41H38N4O2/c1-23-13-24(2)16-28(15-23)29-20-34(43-35(21-29)40(46)47)32-9-8-10-36-38(32)44-39(45(36)31-17-25(3)14-26(4)18-31)33-22-30(41(5,6)7)19-27-11-12-42-37(27)33/h8-22,42H,1-7H3,(H,46,47). The Morgan fingerprint density at radius 3 is 2.06 bits per heavy atom. The Kier molecular flexibility index (Phi) is 7.12. The smallest absolute Gasteiger partial charge is 0.354 e. The molecule has 3 aromatic heterocycles. The number of hydrogen-bond donors (Lipinski definition) is 2. The number of hydrogen-bond acceptors (Lipinski definition) is 3. The maximum atomic E-state index is 12.4. The van der Waals surface area contributed by atoms with Crippen LogP contribution in [0.5, 0.6) is 0 Å². The first-order valence-electron chi connectivity index (χ1n) is 15.9. The van der Waals surface area contributed by atoms with Crippen molar-refractivity contribution < 1.29 is 9.90 Å². The highest BCUT2D eigenvalue weighted by Gasteiger charge is 2.24. The van der Waals surface area contributed by atoms with E-state index in [4.69, 9.17) is 4.98 Å². The zero-order valence-corrected chi connectivity index (χ0v) is 27.9. The molecule has 0 bridgehead atoms. The Morgan fingerprint density at radius 2 is 1.40 bits per heavy atom. The predicted molar refractivity (Wildman–Crippen MR) is 192 cm³/mol. The van der Waals surface area contributed by atoms with Gasteiger partial charge in [-0.1, -0.05) is 68.3 Å². The Labute approximate surface area is 274 Å². The molecule has 3 heterocycles. The third-order valence-electron chi connectivity index (χ3n) is 8.79. The molecular formula is C41H38N4O2. The normalized spacial score (nSPS) is 11.9. The van der Waals surface area contributed by atoms with Crippen LogP contribution in [0.25, 0.3) is 61.4 Å². The summed E-state index contributed by atoms with van der Waals surface area (Å²) in [5, 5.41) is 11.3. The van der Waals surface area contributed by atoms with Gasteiger partial charge in [0.2, 0.25) is 0 Å². The molecule has 0 saturated heterocycles. The Morgan fingerprint density at radius 1 is 0.745 bits per heavy atom. The Balaban J connectivity index is 1.56. The first-order chi connectivity index (χ1) is 22.4. The number of imidazole rings is 1. The van der Waals surface area contributed by atoms with Gasteiger partial charge in [-0.15, -0.1) is 0 Å². The van der Waals surface area contributed by atoms with Crippen LogP contribution >= 0.6 is 0 Å². The molecule has 0 fully saturated rings. The summed E-state index contributed by atoms with van der Waals surface area (Å²) in [6.07, 6.45) is 1.98. The van der Waals surface area contributed by atoms with E-state index in [1.54, 1.807) is 6.07 Å². The van der Waals surface area contributed by atoms with Gasteiger partial charge in [0.05, 0.1) is 22.2 Å². The molecule has 7 aromatic rings. The van der Waals surface area contributed by atoms with Crippen LogP contribution in [0, 0.1) is 27.7 Å². The van der Waals surface area contributed by atoms with Crippen LogP contribution in [0.2, 0.25) is 0 Å². The van der Waals surface area contributed by atoms with Crippen molar-refractivity contribution in [1.82, 2.24) is 19.5 Å². The highest BCUT2D eigenvalue weighted by Crippen LogP contribution is 2.39. The van der Waals surface area contributed by atoms with Crippen molar-refractivity contribution in [2.75, 3.05) is 0 Å². The lowest BCUT2D eigenvalue weighted by molar-refractivity contribution is 0.0690. The van der Waals surface area contributed by atoms with Gasteiger partial charge in [0.25, 0.3) is 0 Å². The zero-order valence-electron chi connectivity index (χ0n) is 27.9. The number of aromatic amines is 1. The van der Waals surface area contributed by atoms with Gasteiger partial charge in [-0.3, -0.25) is 4.57 Å². The molecule has 4 aromatic carbocycles. The van der Waals surface area contributed by atoms with Crippen LogP contribution in [-0.2, 0) is 5.41 Å². The molecule has 0 aliphatic rings. The molecule has 47 heavy (non-hydrogen) atoms. The second-order valence-corrected chi connectivity index (χ2v) is 13.8. The summed E-state index contributed by atoms with van der Waals surface area (Å²) >= 11 is 0.